The van der Waals surface area contributed by atoms with Gasteiger partial charge in [-0.2, -0.15) is 0 Å². The third-order valence-corrected chi connectivity index (χ3v) is 6.47. The summed E-state index contributed by atoms with van der Waals surface area (Å²) in [6, 6.07) is 2.74. The maximum atomic E-state index is 3.73. The van der Waals surface area contributed by atoms with Gasteiger partial charge in [-0.25, -0.2) is 0 Å². The predicted octanol–water partition coefficient (Wildman–Crippen LogP) is 5.30. The van der Waals surface area contributed by atoms with Crippen LogP contribution in [0.15, 0.2) is 10.5 Å². The molecule has 0 radical (unpaired) electrons. The molecule has 2 unspecified atom stereocenters. The van der Waals surface area contributed by atoms with Gasteiger partial charge in [0.25, 0.3) is 0 Å². The topological polar surface area (TPSA) is 12.0 Å². The summed E-state index contributed by atoms with van der Waals surface area (Å²) in [6.45, 7) is 7.07. The van der Waals surface area contributed by atoms with Gasteiger partial charge in [-0.05, 0) is 60.1 Å². The van der Waals surface area contributed by atoms with Crippen LogP contribution < -0.4 is 5.32 Å². The minimum atomic E-state index is 0.448. The zero-order chi connectivity index (χ0) is 13.3. The third-order valence-electron chi connectivity index (χ3n) is 4.42. The van der Waals surface area contributed by atoms with Gasteiger partial charge in [-0.1, -0.05) is 26.7 Å². The molecule has 1 aliphatic carbocycles. The Kier molecular flexibility index (Phi) is 4.56. The summed E-state index contributed by atoms with van der Waals surface area (Å²) < 4.78 is 1.28. The lowest BCUT2D eigenvalue weighted by Gasteiger charge is -2.43. The van der Waals surface area contributed by atoms with Crippen molar-refractivity contribution in [1.82, 2.24) is 5.32 Å². The Balaban J connectivity index is 2.30. The first-order valence-electron chi connectivity index (χ1n) is 6.89. The first-order valence-corrected chi connectivity index (χ1v) is 8.50. The van der Waals surface area contributed by atoms with Crippen molar-refractivity contribution >= 4 is 27.3 Å². The highest BCUT2D eigenvalue weighted by Crippen LogP contribution is 2.49. The summed E-state index contributed by atoms with van der Waals surface area (Å²) >= 11 is 5.67. The Morgan fingerprint density at radius 3 is 2.67 bits per heavy atom. The van der Waals surface area contributed by atoms with Gasteiger partial charge < -0.3 is 5.32 Å². The van der Waals surface area contributed by atoms with Crippen molar-refractivity contribution in [3.05, 3.63) is 20.3 Å². The zero-order valence-corrected chi connectivity index (χ0v) is 14.2. The van der Waals surface area contributed by atoms with Crippen molar-refractivity contribution in [2.45, 2.75) is 52.5 Å². The highest BCUT2D eigenvalue weighted by molar-refractivity contribution is 9.10. The largest absolute Gasteiger partial charge is 0.312 e. The molecular weight excluding hydrogens is 306 g/mol. The number of rotatable bonds is 3. The predicted molar refractivity (Wildman–Crippen MR) is 84.3 cm³/mol. The average Bonchev–Trinajstić information content (AvgIpc) is 2.61. The van der Waals surface area contributed by atoms with Gasteiger partial charge in [-0.15, -0.1) is 11.3 Å². The van der Waals surface area contributed by atoms with E-state index in [1.807, 2.05) is 11.3 Å². The molecule has 2 rings (SSSR count). The maximum Gasteiger partial charge on any atom is 0.0457 e. The van der Waals surface area contributed by atoms with Crippen molar-refractivity contribution in [2.24, 2.45) is 11.3 Å². The van der Waals surface area contributed by atoms with Gasteiger partial charge in [0, 0.05) is 20.3 Å². The van der Waals surface area contributed by atoms with Gasteiger partial charge in [0.1, 0.15) is 0 Å². The molecule has 2 atom stereocenters. The molecule has 1 saturated carbocycles. The molecule has 1 aromatic heterocycles. The molecule has 0 saturated heterocycles. The highest BCUT2D eigenvalue weighted by atomic mass is 79.9. The highest BCUT2D eigenvalue weighted by Gasteiger charge is 2.38. The summed E-state index contributed by atoms with van der Waals surface area (Å²) in [4.78, 5) is 2.88. The lowest BCUT2D eigenvalue weighted by atomic mass is 9.65. The lowest BCUT2D eigenvalue weighted by molar-refractivity contribution is 0.102. The molecule has 1 N–H and O–H groups in total. The third kappa shape index (κ3) is 2.83. The van der Waals surface area contributed by atoms with E-state index in [-0.39, 0.29) is 0 Å². The van der Waals surface area contributed by atoms with Gasteiger partial charge in [-0.3, -0.25) is 0 Å². The molecule has 3 heteroatoms. The van der Waals surface area contributed by atoms with E-state index in [1.165, 1.54) is 39.9 Å². The van der Waals surface area contributed by atoms with Crippen LogP contribution >= 0.6 is 27.3 Å². The molecule has 18 heavy (non-hydrogen) atoms. The number of hydrogen-bond donors (Lipinski definition) is 1. The molecule has 0 aromatic carbocycles. The van der Waals surface area contributed by atoms with E-state index in [0.717, 1.165) is 5.92 Å². The monoisotopic (exact) mass is 329 g/mol. The molecule has 1 fully saturated rings. The maximum absolute atomic E-state index is 3.73. The summed E-state index contributed by atoms with van der Waals surface area (Å²) in [7, 11) is 2.11. The van der Waals surface area contributed by atoms with Crippen LogP contribution in [0, 0.1) is 18.3 Å². The molecule has 0 bridgehead atoms. The smallest absolute Gasteiger partial charge is 0.0457 e. The second-order valence-corrected chi connectivity index (χ2v) is 8.32. The van der Waals surface area contributed by atoms with Crippen molar-refractivity contribution < 1.29 is 0 Å². The fraction of sp³-hybridized carbons (Fsp3) is 0.733. The number of nitrogens with one attached hydrogen (secondary N) is 1. The first kappa shape index (κ1) is 14.5. The minimum absolute atomic E-state index is 0.448. The molecule has 1 heterocycles. The Morgan fingerprint density at radius 1 is 1.44 bits per heavy atom. The Hall–Kier alpha value is 0.140. The van der Waals surface area contributed by atoms with E-state index in [4.69, 9.17) is 0 Å². The Bertz CT molecular complexity index is 411. The van der Waals surface area contributed by atoms with E-state index >= 15 is 0 Å². The van der Waals surface area contributed by atoms with Crippen LogP contribution in [0.4, 0.5) is 0 Å². The molecule has 102 valence electrons. The fourth-order valence-electron chi connectivity index (χ4n) is 3.37. The van der Waals surface area contributed by atoms with Crippen LogP contribution in [0.3, 0.4) is 0 Å². The van der Waals surface area contributed by atoms with E-state index in [0.29, 0.717) is 11.5 Å². The molecule has 0 spiro atoms. The van der Waals surface area contributed by atoms with Gasteiger partial charge in [0.2, 0.25) is 0 Å². The molecule has 0 amide bonds. The average molecular weight is 330 g/mol. The Morgan fingerprint density at radius 2 is 2.17 bits per heavy atom. The number of thiophene rings is 1. The summed E-state index contributed by atoms with van der Waals surface area (Å²) in [5.41, 5.74) is 0.448. The number of halogens is 1. The van der Waals surface area contributed by atoms with Crippen LogP contribution in [-0.4, -0.2) is 7.05 Å². The SMILES string of the molecule is CNC(c1sc(C)cc1Br)C1CCCCC1(C)C. The zero-order valence-electron chi connectivity index (χ0n) is 11.8. The van der Waals surface area contributed by atoms with Crippen LogP contribution in [0.25, 0.3) is 0 Å². The van der Waals surface area contributed by atoms with Gasteiger partial charge in [0.15, 0.2) is 0 Å². The van der Waals surface area contributed by atoms with E-state index < -0.39 is 0 Å². The summed E-state index contributed by atoms with van der Waals surface area (Å²) in [6.07, 6.45) is 5.48. The van der Waals surface area contributed by atoms with Crippen LogP contribution in [0.2, 0.25) is 0 Å². The number of hydrogen-bond acceptors (Lipinski definition) is 2. The van der Waals surface area contributed by atoms with Crippen molar-refractivity contribution in [3.63, 3.8) is 0 Å². The second-order valence-electron chi connectivity index (χ2n) is 6.18. The van der Waals surface area contributed by atoms with Crippen molar-refractivity contribution in [3.8, 4) is 0 Å². The summed E-state index contributed by atoms with van der Waals surface area (Å²) in [5, 5.41) is 3.58. The molecule has 1 aliphatic rings. The van der Waals surface area contributed by atoms with Crippen molar-refractivity contribution in [1.29, 1.82) is 0 Å². The van der Waals surface area contributed by atoms with Crippen LogP contribution in [0.5, 0.6) is 0 Å². The van der Waals surface area contributed by atoms with E-state index in [1.54, 1.807) is 0 Å². The molecule has 0 aliphatic heterocycles. The fourth-order valence-corrected chi connectivity index (χ4v) is 5.44. The summed E-state index contributed by atoms with van der Waals surface area (Å²) in [5.74, 6) is 0.741. The molecule has 1 aromatic rings. The van der Waals surface area contributed by atoms with E-state index in [2.05, 4.69) is 55.1 Å². The van der Waals surface area contributed by atoms with Crippen LogP contribution in [-0.2, 0) is 0 Å². The first-order chi connectivity index (χ1) is 8.45. The van der Waals surface area contributed by atoms with Gasteiger partial charge in [0.05, 0.1) is 0 Å². The van der Waals surface area contributed by atoms with Gasteiger partial charge >= 0.3 is 0 Å². The second kappa shape index (κ2) is 5.64. The standard InChI is InChI=1S/C15H24BrNS/c1-10-9-12(16)14(18-10)13(17-4)11-7-5-6-8-15(11,2)3/h9,11,13,17H,5-8H2,1-4H3. The molecule has 1 nitrogen and oxygen atoms in total. The Labute approximate surface area is 123 Å². The number of aryl methyl sites for hydroxylation is 1. The van der Waals surface area contributed by atoms with Crippen molar-refractivity contribution in [2.75, 3.05) is 7.05 Å². The van der Waals surface area contributed by atoms with E-state index in [9.17, 15) is 0 Å². The minimum Gasteiger partial charge on any atom is -0.312 e. The normalized spacial score (nSPS) is 25.1. The molecular formula is C15H24BrNS. The van der Waals surface area contributed by atoms with Crippen LogP contribution in [0.1, 0.15) is 55.3 Å². The lowest BCUT2D eigenvalue weighted by Crippen LogP contribution is -2.37. The quantitative estimate of drug-likeness (QED) is 0.793.